The van der Waals surface area contributed by atoms with Crippen LogP contribution >= 0.6 is 11.8 Å². The summed E-state index contributed by atoms with van der Waals surface area (Å²) in [5, 5.41) is 17.9. The smallest absolute Gasteiger partial charge is 0.475 e. The third-order valence-electron chi connectivity index (χ3n) is 5.85. The van der Waals surface area contributed by atoms with Gasteiger partial charge in [0.2, 0.25) is 0 Å². The summed E-state index contributed by atoms with van der Waals surface area (Å²) in [5.74, 6) is -3.25. The molecule has 2 aromatic heterocycles. The van der Waals surface area contributed by atoms with Crippen LogP contribution in [0.2, 0.25) is 0 Å². The lowest BCUT2D eigenvalue weighted by molar-refractivity contribution is -0.192. The molecule has 3 aromatic rings. The van der Waals surface area contributed by atoms with Gasteiger partial charge < -0.3 is 16.2 Å². The third kappa shape index (κ3) is 4.60. The molecular formula is C20H21F3N6O3S. The molecular weight excluding hydrogens is 461 g/mol. The Hall–Kier alpha value is -2.93. The molecule has 5 rings (SSSR count). The van der Waals surface area contributed by atoms with E-state index in [1.807, 2.05) is 29.3 Å². The van der Waals surface area contributed by atoms with Gasteiger partial charge in [0.15, 0.2) is 10.9 Å². The number of carboxylic acids is 1. The summed E-state index contributed by atoms with van der Waals surface area (Å²) in [6.07, 6.45) is 3.16. The van der Waals surface area contributed by atoms with Gasteiger partial charge in [-0.15, -0.1) is 0 Å². The number of nitrogens with one attached hydrogen (secondary N) is 1. The Morgan fingerprint density at radius 2 is 1.88 bits per heavy atom. The van der Waals surface area contributed by atoms with Crippen molar-refractivity contribution in [1.29, 1.82) is 0 Å². The van der Waals surface area contributed by atoms with E-state index in [9.17, 15) is 18.0 Å². The first-order valence-electron chi connectivity index (χ1n) is 10.2. The van der Waals surface area contributed by atoms with Crippen molar-refractivity contribution in [3.63, 3.8) is 0 Å². The lowest BCUT2D eigenvalue weighted by Crippen LogP contribution is -2.39. The molecule has 9 nitrogen and oxygen atoms in total. The lowest BCUT2D eigenvalue weighted by atomic mass is 9.99. The largest absolute Gasteiger partial charge is 0.490 e. The van der Waals surface area contributed by atoms with Gasteiger partial charge >= 0.3 is 12.1 Å². The molecule has 2 saturated heterocycles. The van der Waals surface area contributed by atoms with Crippen LogP contribution in [-0.2, 0) is 4.79 Å². The first kappa shape index (κ1) is 23.2. The molecule has 2 unspecified atom stereocenters. The van der Waals surface area contributed by atoms with Crippen LogP contribution in [0, 0.1) is 0 Å². The molecule has 1 aromatic carbocycles. The number of hydrogen-bond acceptors (Lipinski definition) is 7. The Bertz CT molecular complexity index is 1220. The summed E-state index contributed by atoms with van der Waals surface area (Å²) < 4.78 is 33.8. The number of carbonyl (C=O) groups is 2. The fraction of sp³-hybridized carbons (Fsp3) is 0.450. The Morgan fingerprint density at radius 1 is 1.24 bits per heavy atom. The number of thioether (sulfide) groups is 1. The van der Waals surface area contributed by atoms with E-state index in [4.69, 9.17) is 20.6 Å². The predicted octanol–water partition coefficient (Wildman–Crippen LogP) is 2.89. The van der Waals surface area contributed by atoms with Crippen LogP contribution in [0.1, 0.15) is 42.2 Å². The molecule has 0 spiro atoms. The van der Waals surface area contributed by atoms with Crippen LogP contribution in [0.25, 0.3) is 21.8 Å². The minimum Gasteiger partial charge on any atom is -0.475 e. The number of hydrogen-bond donors (Lipinski definition) is 3. The number of carbonyl (C=O) groups excluding carboxylic acids is 1. The summed E-state index contributed by atoms with van der Waals surface area (Å²) in [5.41, 5.74) is 7.70. The molecule has 0 radical (unpaired) electrons. The Morgan fingerprint density at radius 3 is 2.42 bits per heavy atom. The quantitative estimate of drug-likeness (QED) is 0.383. The average molecular weight is 482 g/mol. The van der Waals surface area contributed by atoms with Crippen molar-refractivity contribution in [2.24, 2.45) is 5.73 Å². The molecule has 1 amide bonds. The fourth-order valence-corrected chi connectivity index (χ4v) is 4.81. The van der Waals surface area contributed by atoms with Crippen LogP contribution in [0.5, 0.6) is 0 Å². The minimum atomic E-state index is -5.08. The maximum absolute atomic E-state index is 12.0. The predicted molar refractivity (Wildman–Crippen MR) is 115 cm³/mol. The monoisotopic (exact) mass is 482 g/mol. The average Bonchev–Trinajstić information content (AvgIpc) is 3.33. The molecule has 4 heterocycles. The highest BCUT2D eigenvalue weighted by atomic mass is 32.2. The highest BCUT2D eigenvalue weighted by molar-refractivity contribution is 7.98. The van der Waals surface area contributed by atoms with E-state index in [0.717, 1.165) is 34.6 Å². The Balaban J connectivity index is 0.000000325. The van der Waals surface area contributed by atoms with Gasteiger partial charge in [0.05, 0.1) is 11.6 Å². The molecule has 176 valence electrons. The zero-order valence-corrected chi connectivity index (χ0v) is 18.3. The molecule has 4 N–H and O–H groups in total. The first-order chi connectivity index (χ1) is 15.6. The second-order valence-electron chi connectivity index (χ2n) is 7.98. The van der Waals surface area contributed by atoms with Crippen molar-refractivity contribution in [3.05, 3.63) is 24.0 Å². The number of fused-ring (bicyclic) bond motifs is 5. The third-order valence-corrected chi connectivity index (χ3v) is 6.41. The zero-order chi connectivity index (χ0) is 23.9. The number of primary amides is 1. The number of nitrogens with zero attached hydrogens (tertiary/aromatic N) is 4. The maximum atomic E-state index is 12.0. The topological polar surface area (TPSA) is 136 Å². The van der Waals surface area contributed by atoms with Gasteiger partial charge in [0.1, 0.15) is 5.52 Å². The number of amides is 1. The van der Waals surface area contributed by atoms with Crippen LogP contribution in [0.3, 0.4) is 0 Å². The SMILES string of the molecule is CSc1ncc2ccc3c(C(N)=O)nn(C4CC5CCC(C4)N5)c3c2n1.O=C(O)C(F)(F)F. The van der Waals surface area contributed by atoms with Gasteiger partial charge in [0, 0.05) is 29.1 Å². The summed E-state index contributed by atoms with van der Waals surface area (Å²) in [7, 11) is 0. The van der Waals surface area contributed by atoms with Crippen molar-refractivity contribution in [3.8, 4) is 0 Å². The van der Waals surface area contributed by atoms with E-state index >= 15 is 0 Å². The number of aromatic nitrogens is 4. The number of halogens is 3. The number of carboxylic acid groups (broad SMARTS) is 1. The number of rotatable bonds is 3. The van der Waals surface area contributed by atoms with Gasteiger partial charge in [-0.05, 0) is 38.0 Å². The summed E-state index contributed by atoms with van der Waals surface area (Å²) in [6.45, 7) is 0. The van der Waals surface area contributed by atoms with Gasteiger partial charge in [-0.25, -0.2) is 14.8 Å². The number of aliphatic carboxylic acids is 1. The minimum absolute atomic E-state index is 0.252. The molecule has 33 heavy (non-hydrogen) atoms. The van der Waals surface area contributed by atoms with Crippen molar-refractivity contribution >= 4 is 45.4 Å². The van der Waals surface area contributed by atoms with Crippen LogP contribution in [0.15, 0.2) is 23.5 Å². The zero-order valence-electron chi connectivity index (χ0n) is 17.5. The molecule has 13 heteroatoms. The van der Waals surface area contributed by atoms with E-state index < -0.39 is 18.1 Å². The highest BCUT2D eigenvalue weighted by Gasteiger charge is 2.38. The summed E-state index contributed by atoms with van der Waals surface area (Å²) >= 11 is 1.50. The molecule has 2 fully saturated rings. The second kappa shape index (κ2) is 8.78. The van der Waals surface area contributed by atoms with E-state index in [1.54, 1.807) is 0 Å². The molecule has 2 aliphatic rings. The molecule has 2 aliphatic heterocycles. The van der Waals surface area contributed by atoms with E-state index in [0.29, 0.717) is 22.9 Å². The maximum Gasteiger partial charge on any atom is 0.490 e. The normalized spacial score (nSPS) is 22.2. The summed E-state index contributed by atoms with van der Waals surface area (Å²) in [6, 6.07) is 5.16. The standard InChI is InChI=1S/C18H20N6OS.C2HF3O2/c1-26-18-20-8-9-2-5-13-15(17(19)25)23-24(16(13)14(9)22-18)12-6-10-3-4-11(7-12)21-10;3-2(4,5)1(6)7/h2,5,8,10-12,21H,3-4,6-7H2,1H3,(H2,19,25);(H,6,7). The number of benzene rings is 1. The first-order valence-corrected chi connectivity index (χ1v) is 11.4. The Kier molecular flexibility index (Phi) is 6.18. The van der Waals surface area contributed by atoms with Gasteiger partial charge in [0.25, 0.3) is 5.91 Å². The number of piperidine rings is 1. The van der Waals surface area contributed by atoms with Gasteiger partial charge in [-0.3, -0.25) is 9.48 Å². The molecule has 2 atom stereocenters. The van der Waals surface area contributed by atoms with E-state index in [1.165, 1.54) is 24.6 Å². The fourth-order valence-electron chi connectivity index (χ4n) is 4.47. The number of alkyl halides is 3. The van der Waals surface area contributed by atoms with Crippen LogP contribution < -0.4 is 11.1 Å². The van der Waals surface area contributed by atoms with E-state index in [2.05, 4.69) is 15.4 Å². The second-order valence-corrected chi connectivity index (χ2v) is 8.75. The van der Waals surface area contributed by atoms with Gasteiger partial charge in [-0.2, -0.15) is 18.3 Å². The van der Waals surface area contributed by atoms with E-state index in [-0.39, 0.29) is 6.04 Å². The Labute approximate surface area is 189 Å². The van der Waals surface area contributed by atoms with Crippen LogP contribution in [0.4, 0.5) is 13.2 Å². The van der Waals surface area contributed by atoms with Crippen molar-refractivity contribution < 1.29 is 27.9 Å². The van der Waals surface area contributed by atoms with Crippen molar-refractivity contribution in [1.82, 2.24) is 25.1 Å². The van der Waals surface area contributed by atoms with Crippen molar-refractivity contribution in [2.45, 2.75) is 55.1 Å². The van der Waals surface area contributed by atoms with Gasteiger partial charge in [-0.1, -0.05) is 17.8 Å². The lowest BCUT2D eigenvalue weighted by Gasteiger charge is -2.29. The highest BCUT2D eigenvalue weighted by Crippen LogP contribution is 2.37. The number of nitrogens with two attached hydrogens (primary N) is 1. The molecule has 0 aliphatic carbocycles. The van der Waals surface area contributed by atoms with Crippen molar-refractivity contribution in [2.75, 3.05) is 6.26 Å². The molecule has 2 bridgehead atoms. The molecule has 0 saturated carbocycles. The van der Waals surface area contributed by atoms with Crippen LogP contribution in [-0.4, -0.2) is 61.2 Å². The summed E-state index contributed by atoms with van der Waals surface area (Å²) in [4.78, 5) is 30.0.